The van der Waals surface area contributed by atoms with Gasteiger partial charge in [-0.3, -0.25) is 4.79 Å². The van der Waals surface area contributed by atoms with Crippen molar-refractivity contribution < 1.29 is 14.6 Å². The SMILES string of the molecule is C=CC(C)(O)C(C)C(=O)OC. The molecule has 0 radical (unpaired) electrons. The van der Waals surface area contributed by atoms with Crippen LogP contribution in [-0.2, 0) is 9.53 Å². The minimum atomic E-state index is -1.19. The molecule has 0 bridgehead atoms. The van der Waals surface area contributed by atoms with E-state index in [0.29, 0.717) is 0 Å². The standard InChI is InChI=1S/C8H14O3/c1-5-8(3,10)6(2)7(9)11-4/h5-6,10H,1H2,2-4H3. The number of ether oxygens (including phenoxy) is 1. The maximum absolute atomic E-state index is 10.9. The van der Waals surface area contributed by atoms with Crippen LogP contribution < -0.4 is 0 Å². The van der Waals surface area contributed by atoms with Crippen LogP contribution in [0.4, 0.5) is 0 Å². The Bertz CT molecular complexity index is 161. The molecular weight excluding hydrogens is 144 g/mol. The van der Waals surface area contributed by atoms with Crippen LogP contribution in [0.5, 0.6) is 0 Å². The first-order valence-electron chi connectivity index (χ1n) is 3.39. The van der Waals surface area contributed by atoms with E-state index in [4.69, 9.17) is 0 Å². The van der Waals surface area contributed by atoms with Crippen molar-refractivity contribution >= 4 is 5.97 Å². The van der Waals surface area contributed by atoms with E-state index < -0.39 is 17.5 Å². The van der Waals surface area contributed by atoms with Crippen LogP contribution in [0.25, 0.3) is 0 Å². The first-order chi connectivity index (χ1) is 4.95. The molecule has 0 rings (SSSR count). The first-order valence-corrected chi connectivity index (χ1v) is 3.39. The molecule has 0 aliphatic heterocycles. The number of hydrogen-bond donors (Lipinski definition) is 1. The summed E-state index contributed by atoms with van der Waals surface area (Å²) in [5.74, 6) is -1.01. The molecule has 64 valence electrons. The van der Waals surface area contributed by atoms with Crippen molar-refractivity contribution in [3.8, 4) is 0 Å². The first kappa shape index (κ1) is 10.2. The van der Waals surface area contributed by atoms with Crippen molar-refractivity contribution in [2.45, 2.75) is 19.4 Å². The van der Waals surface area contributed by atoms with Gasteiger partial charge in [0.2, 0.25) is 0 Å². The van der Waals surface area contributed by atoms with Crippen LogP contribution in [0.2, 0.25) is 0 Å². The van der Waals surface area contributed by atoms with Crippen molar-refractivity contribution in [1.82, 2.24) is 0 Å². The number of aliphatic hydroxyl groups is 1. The van der Waals surface area contributed by atoms with E-state index in [2.05, 4.69) is 11.3 Å². The maximum Gasteiger partial charge on any atom is 0.311 e. The largest absolute Gasteiger partial charge is 0.469 e. The lowest BCUT2D eigenvalue weighted by molar-refractivity contribution is -0.150. The van der Waals surface area contributed by atoms with E-state index in [1.807, 2.05) is 0 Å². The van der Waals surface area contributed by atoms with Gasteiger partial charge in [0.25, 0.3) is 0 Å². The van der Waals surface area contributed by atoms with Crippen molar-refractivity contribution in [1.29, 1.82) is 0 Å². The van der Waals surface area contributed by atoms with E-state index in [1.54, 1.807) is 6.92 Å². The van der Waals surface area contributed by atoms with Crippen molar-refractivity contribution in [2.75, 3.05) is 7.11 Å². The maximum atomic E-state index is 10.9. The predicted molar refractivity (Wildman–Crippen MR) is 42.0 cm³/mol. The van der Waals surface area contributed by atoms with Crippen molar-refractivity contribution in [3.05, 3.63) is 12.7 Å². The molecule has 2 unspecified atom stereocenters. The van der Waals surface area contributed by atoms with Gasteiger partial charge in [-0.15, -0.1) is 6.58 Å². The van der Waals surface area contributed by atoms with Gasteiger partial charge < -0.3 is 9.84 Å². The fraction of sp³-hybridized carbons (Fsp3) is 0.625. The van der Waals surface area contributed by atoms with Crippen LogP contribution >= 0.6 is 0 Å². The molecule has 0 aromatic carbocycles. The van der Waals surface area contributed by atoms with E-state index in [1.165, 1.54) is 20.1 Å². The predicted octanol–water partition coefficient (Wildman–Crippen LogP) is 0.732. The van der Waals surface area contributed by atoms with Gasteiger partial charge >= 0.3 is 5.97 Å². The molecule has 0 saturated heterocycles. The summed E-state index contributed by atoms with van der Waals surface area (Å²) >= 11 is 0. The Hall–Kier alpha value is -0.830. The Morgan fingerprint density at radius 2 is 2.27 bits per heavy atom. The zero-order valence-electron chi connectivity index (χ0n) is 7.13. The Kier molecular flexibility index (Phi) is 3.26. The van der Waals surface area contributed by atoms with Gasteiger partial charge in [-0.05, 0) is 13.8 Å². The quantitative estimate of drug-likeness (QED) is 0.486. The molecule has 0 aromatic heterocycles. The monoisotopic (exact) mass is 158 g/mol. The third-order valence-electron chi connectivity index (χ3n) is 1.84. The number of esters is 1. The second-order valence-corrected chi connectivity index (χ2v) is 2.67. The van der Waals surface area contributed by atoms with E-state index in [0.717, 1.165) is 0 Å². The highest BCUT2D eigenvalue weighted by atomic mass is 16.5. The molecule has 1 N–H and O–H groups in total. The second-order valence-electron chi connectivity index (χ2n) is 2.67. The molecule has 3 nitrogen and oxygen atoms in total. The minimum absolute atomic E-state index is 0.435. The van der Waals surface area contributed by atoms with Crippen molar-refractivity contribution in [3.63, 3.8) is 0 Å². The highest BCUT2D eigenvalue weighted by molar-refractivity contribution is 5.73. The van der Waals surface area contributed by atoms with E-state index >= 15 is 0 Å². The van der Waals surface area contributed by atoms with Gasteiger partial charge in [0.15, 0.2) is 0 Å². The van der Waals surface area contributed by atoms with Gasteiger partial charge in [0.05, 0.1) is 18.6 Å². The topological polar surface area (TPSA) is 46.5 Å². The summed E-state index contributed by atoms with van der Waals surface area (Å²) in [4.78, 5) is 10.9. The number of rotatable bonds is 3. The molecule has 11 heavy (non-hydrogen) atoms. The summed E-state index contributed by atoms with van der Waals surface area (Å²) in [5.41, 5.74) is -1.19. The molecule has 2 atom stereocenters. The fourth-order valence-corrected chi connectivity index (χ4v) is 0.592. The van der Waals surface area contributed by atoms with Crippen LogP contribution in [0, 0.1) is 5.92 Å². The van der Waals surface area contributed by atoms with Gasteiger partial charge in [-0.1, -0.05) is 6.08 Å². The van der Waals surface area contributed by atoms with Gasteiger partial charge in [-0.25, -0.2) is 0 Å². The third kappa shape index (κ3) is 2.35. The zero-order chi connectivity index (χ0) is 9.07. The molecule has 0 amide bonds. The fourth-order valence-electron chi connectivity index (χ4n) is 0.592. The van der Waals surface area contributed by atoms with Crippen LogP contribution in [-0.4, -0.2) is 23.8 Å². The molecule has 0 aliphatic rings. The summed E-state index contributed by atoms with van der Waals surface area (Å²) < 4.78 is 4.45. The average Bonchev–Trinajstić information content (AvgIpc) is 2.01. The van der Waals surface area contributed by atoms with Gasteiger partial charge in [-0.2, -0.15) is 0 Å². The third-order valence-corrected chi connectivity index (χ3v) is 1.84. The summed E-state index contributed by atoms with van der Waals surface area (Å²) in [7, 11) is 1.29. The Morgan fingerprint density at radius 1 is 1.82 bits per heavy atom. The van der Waals surface area contributed by atoms with Crippen molar-refractivity contribution in [2.24, 2.45) is 5.92 Å². The highest BCUT2D eigenvalue weighted by Gasteiger charge is 2.31. The lowest BCUT2D eigenvalue weighted by atomic mass is 9.91. The molecule has 3 heteroatoms. The van der Waals surface area contributed by atoms with Gasteiger partial charge in [0, 0.05) is 0 Å². The Labute approximate surface area is 66.7 Å². The number of methoxy groups -OCH3 is 1. The van der Waals surface area contributed by atoms with Crippen LogP contribution in [0.1, 0.15) is 13.8 Å². The summed E-state index contributed by atoms with van der Waals surface area (Å²) in [5, 5.41) is 9.47. The zero-order valence-corrected chi connectivity index (χ0v) is 7.13. The van der Waals surface area contributed by atoms with Gasteiger partial charge in [0.1, 0.15) is 0 Å². The van der Waals surface area contributed by atoms with E-state index in [9.17, 15) is 9.90 Å². The summed E-state index contributed by atoms with van der Waals surface area (Å²) in [6.07, 6.45) is 1.33. The van der Waals surface area contributed by atoms with Crippen LogP contribution in [0.3, 0.4) is 0 Å². The number of carbonyl (C=O) groups excluding carboxylic acids is 1. The highest BCUT2D eigenvalue weighted by Crippen LogP contribution is 2.18. The molecule has 0 aliphatic carbocycles. The van der Waals surface area contributed by atoms with E-state index in [-0.39, 0.29) is 0 Å². The second kappa shape index (κ2) is 3.53. The normalized spacial score (nSPS) is 18.2. The molecule has 0 saturated carbocycles. The Morgan fingerprint density at radius 3 is 2.55 bits per heavy atom. The lowest BCUT2D eigenvalue weighted by Gasteiger charge is -2.23. The number of hydrogen-bond acceptors (Lipinski definition) is 3. The smallest absolute Gasteiger partial charge is 0.311 e. The number of carbonyl (C=O) groups is 1. The molecule has 0 aromatic rings. The summed E-state index contributed by atoms with van der Waals surface area (Å²) in [6, 6.07) is 0. The average molecular weight is 158 g/mol. The Balaban J connectivity index is 4.34. The molecule has 0 fully saturated rings. The summed E-state index contributed by atoms with van der Waals surface area (Å²) in [6.45, 7) is 6.52. The minimum Gasteiger partial charge on any atom is -0.469 e. The van der Waals surface area contributed by atoms with Crippen LogP contribution in [0.15, 0.2) is 12.7 Å². The lowest BCUT2D eigenvalue weighted by Crippen LogP contribution is -2.36. The molecule has 0 spiro atoms. The molecular formula is C8H14O3. The molecule has 0 heterocycles.